The van der Waals surface area contributed by atoms with Crippen molar-refractivity contribution < 1.29 is 99.6 Å². The third-order valence-corrected chi connectivity index (χ3v) is 7.62. The molecular formula is C23H18F14O8. The largest absolute Gasteiger partial charge is 0.460 e. The molecular weight excluding hydrogens is 670 g/mol. The topological polar surface area (TPSA) is 105 Å². The lowest BCUT2D eigenvalue weighted by Gasteiger charge is -2.62. The van der Waals surface area contributed by atoms with Gasteiger partial charge in [-0.2, -0.15) is 61.5 Å². The minimum absolute atomic E-state index is 0.163. The molecule has 4 bridgehead atoms. The molecule has 0 saturated heterocycles. The highest BCUT2D eigenvalue weighted by molar-refractivity contribution is 5.84. The Kier molecular flexibility index (Phi) is 8.72. The summed E-state index contributed by atoms with van der Waals surface area (Å²) in [6.07, 6.45) is -16.9. The number of hydrogen-bond acceptors (Lipinski definition) is 8. The predicted octanol–water partition coefficient (Wildman–Crippen LogP) is 5.29. The second-order valence-electron chi connectivity index (χ2n) is 10.6. The Morgan fingerprint density at radius 2 is 1.07 bits per heavy atom. The summed E-state index contributed by atoms with van der Waals surface area (Å²) in [5, 5.41) is 0. The van der Waals surface area contributed by atoms with E-state index in [1.54, 1.807) is 0 Å². The van der Waals surface area contributed by atoms with Gasteiger partial charge in [0.05, 0.1) is 0 Å². The van der Waals surface area contributed by atoms with Crippen molar-refractivity contribution in [3.63, 3.8) is 0 Å². The fraction of sp³-hybridized carbons (Fsp3) is 0.739. The van der Waals surface area contributed by atoms with Gasteiger partial charge in [0.2, 0.25) is 0 Å². The van der Waals surface area contributed by atoms with Gasteiger partial charge in [-0.15, -0.1) is 0 Å². The van der Waals surface area contributed by atoms with Gasteiger partial charge in [0.15, 0.2) is 6.61 Å². The van der Waals surface area contributed by atoms with Crippen LogP contribution in [0.2, 0.25) is 0 Å². The molecule has 4 saturated carbocycles. The van der Waals surface area contributed by atoms with Crippen LogP contribution in [-0.2, 0) is 38.1 Å². The highest BCUT2D eigenvalue weighted by Crippen LogP contribution is 2.64. The minimum atomic E-state index is -7.22. The number of hydrogen-bond donors (Lipinski definition) is 0. The average Bonchev–Trinajstić information content (AvgIpc) is 2.87. The van der Waals surface area contributed by atoms with E-state index in [0.29, 0.717) is 6.08 Å². The SMILES string of the molecule is C=CC(=O)OCC(=O)OC12CC3CC(C1)C(OC(=O)C(F)(F)C(F)(F)C(F)(F)F)(OC(=O)C(F)(F)C(F)(F)C(F)(F)F)C(C3)C2. The van der Waals surface area contributed by atoms with E-state index >= 15 is 0 Å². The zero-order chi connectivity index (χ0) is 34.8. The molecule has 45 heavy (non-hydrogen) atoms. The monoisotopic (exact) mass is 688 g/mol. The molecule has 22 heteroatoms. The van der Waals surface area contributed by atoms with E-state index < -0.39 is 121 Å². The first-order valence-electron chi connectivity index (χ1n) is 12.2. The zero-order valence-electron chi connectivity index (χ0n) is 21.8. The fourth-order valence-corrected chi connectivity index (χ4v) is 5.82. The third kappa shape index (κ3) is 5.87. The molecule has 0 heterocycles. The van der Waals surface area contributed by atoms with Crippen LogP contribution in [0.15, 0.2) is 12.7 Å². The van der Waals surface area contributed by atoms with E-state index in [2.05, 4.69) is 20.8 Å². The van der Waals surface area contributed by atoms with Crippen molar-refractivity contribution in [2.75, 3.05) is 6.61 Å². The lowest BCUT2D eigenvalue weighted by Crippen LogP contribution is -2.70. The molecule has 0 N–H and O–H groups in total. The molecule has 4 aliphatic rings. The summed E-state index contributed by atoms with van der Waals surface area (Å²) in [7, 11) is 0. The molecule has 0 aromatic carbocycles. The number of halogens is 14. The van der Waals surface area contributed by atoms with Crippen molar-refractivity contribution in [1.82, 2.24) is 0 Å². The Morgan fingerprint density at radius 1 is 0.667 bits per heavy atom. The molecule has 0 spiro atoms. The highest BCUT2D eigenvalue weighted by Gasteiger charge is 2.81. The Bertz CT molecular complexity index is 1170. The molecule has 0 radical (unpaired) electrons. The maximum atomic E-state index is 14.2. The second-order valence-corrected chi connectivity index (χ2v) is 10.6. The molecule has 4 aliphatic carbocycles. The van der Waals surface area contributed by atoms with Crippen LogP contribution in [0.1, 0.15) is 32.1 Å². The molecule has 4 rings (SSSR count). The van der Waals surface area contributed by atoms with Gasteiger partial charge in [-0.25, -0.2) is 19.2 Å². The molecule has 256 valence electrons. The van der Waals surface area contributed by atoms with E-state index in [-0.39, 0.29) is 6.42 Å². The Balaban J connectivity index is 2.05. The molecule has 8 nitrogen and oxygen atoms in total. The predicted molar refractivity (Wildman–Crippen MR) is 110 cm³/mol. The van der Waals surface area contributed by atoms with E-state index in [1.807, 2.05) is 0 Å². The normalized spacial score (nSPS) is 26.6. The van der Waals surface area contributed by atoms with Crippen molar-refractivity contribution in [2.24, 2.45) is 17.8 Å². The standard InChI is InChI=1S/C23H18F14O8/c1-2-12(38)42-8-13(39)43-16-5-9-3-10(6-16)17(11(4-9)7-16,44-14(40)18(24,25)20(28,29)22(32,33)34)45-15(41)19(26,27)21(30,31)23(35,36)37/h2,9-11H,1,3-8H2. The number of ether oxygens (including phenoxy) is 4. The summed E-state index contributed by atoms with van der Waals surface area (Å²) >= 11 is 0. The molecule has 2 atom stereocenters. The lowest BCUT2D eigenvalue weighted by molar-refractivity contribution is -0.378. The van der Waals surface area contributed by atoms with Gasteiger partial charge in [0.25, 0.3) is 5.79 Å². The number of alkyl halides is 14. The first-order chi connectivity index (χ1) is 20.1. The van der Waals surface area contributed by atoms with Gasteiger partial charge >= 0.3 is 59.9 Å². The van der Waals surface area contributed by atoms with Crippen LogP contribution >= 0.6 is 0 Å². The first-order valence-corrected chi connectivity index (χ1v) is 12.2. The number of rotatable bonds is 10. The maximum Gasteiger partial charge on any atom is 0.460 e. The van der Waals surface area contributed by atoms with Crippen molar-refractivity contribution in [3.05, 3.63) is 12.7 Å². The van der Waals surface area contributed by atoms with Crippen LogP contribution in [-0.4, -0.2) is 77.9 Å². The van der Waals surface area contributed by atoms with E-state index in [1.165, 1.54) is 0 Å². The summed E-state index contributed by atoms with van der Waals surface area (Å²) < 4.78 is 205. The number of carbonyl (C=O) groups is 4. The van der Waals surface area contributed by atoms with Crippen LogP contribution in [0.4, 0.5) is 61.5 Å². The van der Waals surface area contributed by atoms with Gasteiger partial charge in [-0.05, 0) is 38.0 Å². The summed E-state index contributed by atoms with van der Waals surface area (Å²) in [6, 6.07) is 0. The molecule has 2 unspecified atom stereocenters. The van der Waals surface area contributed by atoms with Crippen molar-refractivity contribution in [3.8, 4) is 0 Å². The summed E-state index contributed by atoms with van der Waals surface area (Å²) in [5.74, 6) is -47.2. The van der Waals surface area contributed by atoms with Crippen molar-refractivity contribution >= 4 is 23.9 Å². The molecule has 0 aromatic rings. The lowest BCUT2D eigenvalue weighted by atomic mass is 9.51. The van der Waals surface area contributed by atoms with E-state index in [0.717, 1.165) is 0 Å². The number of esters is 4. The Morgan fingerprint density at radius 3 is 1.42 bits per heavy atom. The maximum absolute atomic E-state index is 14.2. The smallest absolute Gasteiger partial charge is 0.457 e. The zero-order valence-corrected chi connectivity index (χ0v) is 21.8. The van der Waals surface area contributed by atoms with Gasteiger partial charge < -0.3 is 18.9 Å². The van der Waals surface area contributed by atoms with Crippen LogP contribution in [0.3, 0.4) is 0 Å². The van der Waals surface area contributed by atoms with Crippen LogP contribution in [0.25, 0.3) is 0 Å². The van der Waals surface area contributed by atoms with E-state index in [9.17, 15) is 80.6 Å². The molecule has 0 aliphatic heterocycles. The summed E-state index contributed by atoms with van der Waals surface area (Å²) in [6.45, 7) is 1.95. The second kappa shape index (κ2) is 10.9. The van der Waals surface area contributed by atoms with Crippen LogP contribution < -0.4 is 0 Å². The van der Waals surface area contributed by atoms with Crippen molar-refractivity contribution in [2.45, 2.75) is 79.5 Å². The molecule has 4 fully saturated rings. The first kappa shape index (κ1) is 36.1. The van der Waals surface area contributed by atoms with E-state index in [4.69, 9.17) is 4.74 Å². The highest BCUT2D eigenvalue weighted by atomic mass is 19.4. The van der Waals surface area contributed by atoms with Crippen LogP contribution in [0.5, 0.6) is 0 Å². The van der Waals surface area contributed by atoms with Gasteiger partial charge in [-0.1, -0.05) is 6.58 Å². The number of carbonyl (C=O) groups excluding carboxylic acids is 4. The van der Waals surface area contributed by atoms with Gasteiger partial charge in [-0.3, -0.25) is 0 Å². The van der Waals surface area contributed by atoms with Crippen LogP contribution in [0, 0.1) is 17.8 Å². The van der Waals surface area contributed by atoms with Gasteiger partial charge in [0, 0.05) is 17.9 Å². The van der Waals surface area contributed by atoms with Crippen molar-refractivity contribution in [1.29, 1.82) is 0 Å². The average molecular weight is 688 g/mol. The Hall–Kier alpha value is -3.36. The minimum Gasteiger partial charge on any atom is -0.457 e. The molecule has 0 amide bonds. The summed E-state index contributed by atoms with van der Waals surface area (Å²) in [5.41, 5.74) is -1.84. The van der Waals surface area contributed by atoms with Gasteiger partial charge in [0.1, 0.15) is 5.60 Å². The fourth-order valence-electron chi connectivity index (χ4n) is 5.82. The Labute approximate surface area is 240 Å². The molecule has 0 aromatic heterocycles. The third-order valence-electron chi connectivity index (χ3n) is 7.62. The summed E-state index contributed by atoms with van der Waals surface area (Å²) in [4.78, 5) is 47.8. The quantitative estimate of drug-likeness (QED) is 0.100.